The van der Waals surface area contributed by atoms with Crippen molar-refractivity contribution in [3.8, 4) is 0 Å². The molecule has 2 aliphatic heterocycles. The van der Waals surface area contributed by atoms with Crippen LogP contribution in [0.3, 0.4) is 0 Å². The molecule has 1 saturated heterocycles. The van der Waals surface area contributed by atoms with Gasteiger partial charge in [-0.2, -0.15) is 0 Å². The number of nitrogen functional groups attached to an aromatic ring is 1. The number of nitrogens with one attached hydrogen (secondary N) is 1. The Hall–Kier alpha value is -3.06. The van der Waals surface area contributed by atoms with E-state index in [9.17, 15) is 0 Å². The number of aromatic nitrogens is 2. The first-order valence-corrected chi connectivity index (χ1v) is 8.54. The van der Waals surface area contributed by atoms with E-state index in [0.717, 1.165) is 30.0 Å². The fourth-order valence-corrected chi connectivity index (χ4v) is 3.12. The van der Waals surface area contributed by atoms with Crippen molar-refractivity contribution < 1.29 is 9.31 Å². The lowest BCUT2D eigenvalue weighted by Gasteiger charge is -2.27. The average molecular weight is 349 g/mol. The second-order valence-electron chi connectivity index (χ2n) is 6.42. The number of ether oxygens (including phenoxy) is 1. The summed E-state index contributed by atoms with van der Waals surface area (Å²) >= 11 is 0. The summed E-state index contributed by atoms with van der Waals surface area (Å²) in [5, 5.41) is 8.62. The number of nitrogens with two attached hydrogens (primary N) is 1. The molecule has 3 heterocycles. The Labute approximate surface area is 152 Å². The predicted octanol–water partition coefficient (Wildman–Crippen LogP) is 1.38. The predicted molar refractivity (Wildman–Crippen MR) is 102 cm³/mol. The molecule has 7 nitrogen and oxygen atoms in total. The molecule has 2 aromatic rings. The lowest BCUT2D eigenvalue weighted by Crippen LogP contribution is -2.36. The molecule has 0 unspecified atom stereocenters. The van der Waals surface area contributed by atoms with Crippen LogP contribution in [0.25, 0.3) is 5.57 Å². The van der Waals surface area contributed by atoms with Crippen molar-refractivity contribution in [2.75, 3.05) is 44.0 Å². The molecule has 2 aliphatic rings. The maximum Gasteiger partial charge on any atom is 0.182 e. The van der Waals surface area contributed by atoms with Crippen molar-refractivity contribution in [1.29, 1.82) is 5.41 Å². The minimum absolute atomic E-state index is 0.300. The van der Waals surface area contributed by atoms with Crippen LogP contribution in [0.15, 0.2) is 36.8 Å². The molecule has 0 bridgehead atoms. The molecule has 1 fully saturated rings. The molecule has 132 valence electrons. The SMILES string of the molecule is C[N+]1=CC(c2ccc(N)c(C(=N)c3cc(N4CCOCC4)ncn3)c2)=C1. The van der Waals surface area contributed by atoms with Crippen molar-refractivity contribution in [2.45, 2.75) is 0 Å². The van der Waals surface area contributed by atoms with Crippen LogP contribution in [0.1, 0.15) is 16.8 Å². The molecule has 0 atom stereocenters. The smallest absolute Gasteiger partial charge is 0.182 e. The van der Waals surface area contributed by atoms with Gasteiger partial charge in [-0.3, -0.25) is 5.41 Å². The zero-order chi connectivity index (χ0) is 18.1. The van der Waals surface area contributed by atoms with Gasteiger partial charge in [-0.05, 0) is 17.7 Å². The summed E-state index contributed by atoms with van der Waals surface area (Å²) in [6.45, 7) is 2.95. The molecule has 26 heavy (non-hydrogen) atoms. The minimum Gasteiger partial charge on any atom is -0.398 e. The summed E-state index contributed by atoms with van der Waals surface area (Å²) < 4.78 is 7.38. The molecule has 0 spiro atoms. The third-order valence-corrected chi connectivity index (χ3v) is 4.59. The van der Waals surface area contributed by atoms with Crippen LogP contribution in [-0.4, -0.2) is 59.8 Å². The van der Waals surface area contributed by atoms with E-state index in [1.165, 1.54) is 6.33 Å². The molecular formula is C19H21N6O+. The van der Waals surface area contributed by atoms with Gasteiger partial charge in [-0.15, -0.1) is 0 Å². The van der Waals surface area contributed by atoms with Gasteiger partial charge in [0.2, 0.25) is 0 Å². The zero-order valence-electron chi connectivity index (χ0n) is 14.6. The highest BCUT2D eigenvalue weighted by Crippen LogP contribution is 2.24. The van der Waals surface area contributed by atoms with Crippen LogP contribution < -0.4 is 10.6 Å². The summed E-state index contributed by atoms with van der Waals surface area (Å²) in [5.41, 5.74) is 10.4. The van der Waals surface area contributed by atoms with Crippen molar-refractivity contribution in [3.63, 3.8) is 0 Å². The molecule has 0 radical (unpaired) electrons. The largest absolute Gasteiger partial charge is 0.398 e. The summed E-state index contributed by atoms with van der Waals surface area (Å²) in [6, 6.07) is 7.61. The fraction of sp³-hybridized carbons (Fsp3) is 0.263. The van der Waals surface area contributed by atoms with Crippen LogP contribution in [0.5, 0.6) is 0 Å². The monoisotopic (exact) mass is 349 g/mol. The van der Waals surface area contributed by atoms with E-state index >= 15 is 0 Å². The summed E-state index contributed by atoms with van der Waals surface area (Å²) in [4.78, 5) is 10.8. The van der Waals surface area contributed by atoms with Crippen LogP contribution >= 0.6 is 0 Å². The molecular weight excluding hydrogens is 328 g/mol. The van der Waals surface area contributed by atoms with Gasteiger partial charge in [0, 0.05) is 30.4 Å². The van der Waals surface area contributed by atoms with E-state index in [-0.39, 0.29) is 0 Å². The molecule has 1 aromatic carbocycles. The number of benzene rings is 1. The Balaban J connectivity index is 1.63. The van der Waals surface area contributed by atoms with Crippen molar-refractivity contribution in [3.05, 3.63) is 53.6 Å². The highest BCUT2D eigenvalue weighted by molar-refractivity contribution is 6.15. The van der Waals surface area contributed by atoms with E-state index in [4.69, 9.17) is 15.9 Å². The van der Waals surface area contributed by atoms with Gasteiger partial charge in [0.1, 0.15) is 24.8 Å². The van der Waals surface area contributed by atoms with Crippen LogP contribution in [0.2, 0.25) is 0 Å². The van der Waals surface area contributed by atoms with Gasteiger partial charge in [-0.1, -0.05) is 6.07 Å². The van der Waals surface area contributed by atoms with Gasteiger partial charge in [0.25, 0.3) is 0 Å². The van der Waals surface area contributed by atoms with Gasteiger partial charge < -0.3 is 15.4 Å². The highest BCUT2D eigenvalue weighted by atomic mass is 16.5. The molecule has 1 aromatic heterocycles. The first kappa shape index (κ1) is 16.4. The van der Waals surface area contributed by atoms with Crippen molar-refractivity contribution in [1.82, 2.24) is 9.97 Å². The normalized spacial score (nSPS) is 16.6. The van der Waals surface area contributed by atoms with E-state index in [0.29, 0.717) is 35.9 Å². The van der Waals surface area contributed by atoms with E-state index < -0.39 is 0 Å². The Kier molecular flexibility index (Phi) is 4.22. The van der Waals surface area contributed by atoms with Gasteiger partial charge in [0.15, 0.2) is 12.4 Å². The van der Waals surface area contributed by atoms with Crippen molar-refractivity contribution >= 4 is 29.0 Å². The average Bonchev–Trinajstić information content (AvgIpc) is 2.66. The Morgan fingerprint density at radius 3 is 2.73 bits per heavy atom. The Morgan fingerprint density at radius 2 is 2.00 bits per heavy atom. The summed E-state index contributed by atoms with van der Waals surface area (Å²) in [5.74, 6) is 0.814. The number of hydrogen-bond donors (Lipinski definition) is 2. The first-order valence-electron chi connectivity index (χ1n) is 8.54. The maximum absolute atomic E-state index is 8.62. The lowest BCUT2D eigenvalue weighted by atomic mass is 9.97. The summed E-state index contributed by atoms with van der Waals surface area (Å²) in [7, 11) is 1.98. The summed E-state index contributed by atoms with van der Waals surface area (Å²) in [6.07, 6.45) is 5.59. The lowest BCUT2D eigenvalue weighted by molar-refractivity contribution is -0.423. The number of hydrogen-bond acceptors (Lipinski definition) is 6. The number of anilines is 2. The quantitative estimate of drug-likeness (QED) is 0.494. The highest BCUT2D eigenvalue weighted by Gasteiger charge is 2.19. The van der Waals surface area contributed by atoms with Crippen LogP contribution in [0, 0.1) is 5.41 Å². The second-order valence-corrected chi connectivity index (χ2v) is 6.42. The van der Waals surface area contributed by atoms with Crippen molar-refractivity contribution in [2.24, 2.45) is 0 Å². The molecule has 4 rings (SSSR count). The third kappa shape index (κ3) is 3.09. The topological polar surface area (TPSA) is 91.1 Å². The molecule has 0 amide bonds. The minimum atomic E-state index is 0.300. The number of allylic oxidation sites excluding steroid dienone is 1. The molecule has 7 heteroatoms. The van der Waals surface area contributed by atoms with Crippen LogP contribution in [-0.2, 0) is 4.74 Å². The number of morpholine rings is 1. The van der Waals surface area contributed by atoms with Gasteiger partial charge in [0.05, 0.1) is 24.6 Å². The fourth-order valence-electron chi connectivity index (χ4n) is 3.12. The van der Waals surface area contributed by atoms with Gasteiger partial charge >= 0.3 is 0 Å². The Bertz CT molecular complexity index is 927. The maximum atomic E-state index is 8.62. The Morgan fingerprint density at radius 1 is 1.23 bits per heavy atom. The first-order chi connectivity index (χ1) is 12.6. The third-order valence-electron chi connectivity index (χ3n) is 4.59. The van der Waals surface area contributed by atoms with Crippen LogP contribution in [0.4, 0.5) is 11.5 Å². The molecule has 3 N–H and O–H groups in total. The van der Waals surface area contributed by atoms with E-state index in [1.54, 1.807) is 0 Å². The molecule has 0 saturated carbocycles. The standard InChI is InChI=1S/C19H21N6O/c1-24-10-14(11-24)13-2-3-16(20)15(8-13)19(21)17-9-18(23-12-22-17)25-4-6-26-7-5-25/h2-3,8-12,21H,4-7,20H2,1H3/q+1. The van der Waals surface area contributed by atoms with E-state index in [2.05, 4.69) is 14.9 Å². The number of nitrogens with zero attached hydrogens (tertiary/aromatic N) is 4. The second kappa shape index (κ2) is 6.68. The van der Waals surface area contributed by atoms with E-state index in [1.807, 2.05) is 48.3 Å². The molecule has 0 aliphatic carbocycles. The zero-order valence-corrected chi connectivity index (χ0v) is 14.6. The number of rotatable bonds is 4. The van der Waals surface area contributed by atoms with Gasteiger partial charge in [-0.25, -0.2) is 14.5 Å².